The van der Waals surface area contributed by atoms with Crippen molar-refractivity contribution in [2.24, 2.45) is 4.99 Å². The van der Waals surface area contributed by atoms with Gasteiger partial charge in [-0.3, -0.25) is 0 Å². The zero-order chi connectivity index (χ0) is 15.0. The minimum Gasteiger partial charge on any atom is -0.504 e. The van der Waals surface area contributed by atoms with Gasteiger partial charge >= 0.3 is 0 Å². The molecule has 6 heteroatoms. The number of para-hydroxylation sites is 1. The molecule has 1 unspecified atom stereocenters. The number of phenolic OH excluding ortho intramolecular Hbond substituents is 1. The number of phenols is 1. The van der Waals surface area contributed by atoms with E-state index in [0.29, 0.717) is 18.3 Å². The van der Waals surface area contributed by atoms with Gasteiger partial charge in [-0.2, -0.15) is 0 Å². The van der Waals surface area contributed by atoms with E-state index in [1.165, 1.54) is 7.11 Å². The molecule has 0 bridgehead atoms. The van der Waals surface area contributed by atoms with Crippen LogP contribution in [-0.2, 0) is 6.54 Å². The number of benzene rings is 1. The summed E-state index contributed by atoms with van der Waals surface area (Å²) in [4.78, 5) is 4.49. The predicted molar refractivity (Wildman–Crippen MR) is 97.8 cm³/mol. The Hall–Kier alpha value is -1.18. The minimum atomic E-state index is 0. The number of nitrogens with one attached hydrogen (secondary N) is 2. The van der Waals surface area contributed by atoms with Gasteiger partial charge in [-0.1, -0.05) is 19.1 Å². The van der Waals surface area contributed by atoms with Crippen LogP contribution in [0.1, 0.15) is 32.8 Å². The number of hydrogen-bond acceptors (Lipinski definition) is 3. The van der Waals surface area contributed by atoms with Gasteiger partial charge < -0.3 is 20.5 Å². The highest BCUT2D eigenvalue weighted by molar-refractivity contribution is 14.0. The van der Waals surface area contributed by atoms with Gasteiger partial charge in [0.25, 0.3) is 0 Å². The van der Waals surface area contributed by atoms with E-state index in [0.717, 1.165) is 24.5 Å². The third-order valence-electron chi connectivity index (χ3n) is 3.05. The van der Waals surface area contributed by atoms with Crippen LogP contribution >= 0.6 is 24.0 Å². The number of aromatic hydroxyl groups is 1. The smallest absolute Gasteiger partial charge is 0.191 e. The largest absolute Gasteiger partial charge is 0.504 e. The lowest BCUT2D eigenvalue weighted by atomic mass is 10.2. The summed E-state index contributed by atoms with van der Waals surface area (Å²) in [5.74, 6) is 1.37. The van der Waals surface area contributed by atoms with Gasteiger partial charge in [0.05, 0.1) is 13.7 Å². The standard InChI is InChI=1S/C15H25N3O2.HI/c1-5-11(3)18-15(16-6-2)17-10-12-8-7-9-13(20-4)14(12)19;/h7-9,11,19H,5-6,10H2,1-4H3,(H2,16,17,18);1H. The van der Waals surface area contributed by atoms with Crippen LogP contribution in [0, 0.1) is 0 Å². The fourth-order valence-electron chi connectivity index (χ4n) is 1.68. The Kier molecular flexibility index (Phi) is 9.94. The lowest BCUT2D eigenvalue weighted by molar-refractivity contribution is 0.370. The number of rotatable bonds is 6. The molecule has 0 saturated heterocycles. The molecule has 0 fully saturated rings. The van der Waals surface area contributed by atoms with Gasteiger partial charge in [0.15, 0.2) is 17.5 Å². The molecule has 1 aromatic carbocycles. The molecule has 0 radical (unpaired) electrons. The van der Waals surface area contributed by atoms with E-state index >= 15 is 0 Å². The molecule has 1 rings (SSSR count). The number of ether oxygens (including phenoxy) is 1. The van der Waals surface area contributed by atoms with Crippen LogP contribution in [0.25, 0.3) is 0 Å². The highest BCUT2D eigenvalue weighted by Gasteiger charge is 2.07. The van der Waals surface area contributed by atoms with Crippen molar-refractivity contribution in [2.75, 3.05) is 13.7 Å². The topological polar surface area (TPSA) is 65.9 Å². The summed E-state index contributed by atoms with van der Waals surface area (Å²) in [6.45, 7) is 7.45. The highest BCUT2D eigenvalue weighted by atomic mass is 127. The van der Waals surface area contributed by atoms with E-state index in [9.17, 15) is 5.11 Å². The van der Waals surface area contributed by atoms with Crippen LogP contribution in [0.15, 0.2) is 23.2 Å². The molecule has 5 nitrogen and oxygen atoms in total. The van der Waals surface area contributed by atoms with E-state index in [1.807, 2.05) is 19.1 Å². The lowest BCUT2D eigenvalue weighted by Gasteiger charge is -2.16. The Bertz CT molecular complexity index is 453. The summed E-state index contributed by atoms with van der Waals surface area (Å²) in [6.07, 6.45) is 1.02. The van der Waals surface area contributed by atoms with Crippen LogP contribution in [0.5, 0.6) is 11.5 Å². The zero-order valence-electron chi connectivity index (χ0n) is 13.1. The minimum absolute atomic E-state index is 0. The molecule has 21 heavy (non-hydrogen) atoms. The number of hydrogen-bond donors (Lipinski definition) is 3. The summed E-state index contributed by atoms with van der Waals surface area (Å²) in [7, 11) is 1.54. The predicted octanol–water partition coefficient (Wildman–Crippen LogP) is 2.87. The van der Waals surface area contributed by atoms with E-state index in [2.05, 4.69) is 29.5 Å². The molecule has 1 aromatic rings. The number of halogens is 1. The number of nitrogens with zero attached hydrogens (tertiary/aromatic N) is 1. The highest BCUT2D eigenvalue weighted by Crippen LogP contribution is 2.29. The Morgan fingerprint density at radius 1 is 1.38 bits per heavy atom. The van der Waals surface area contributed by atoms with Crippen LogP contribution in [0.3, 0.4) is 0 Å². The first kappa shape index (κ1) is 19.8. The van der Waals surface area contributed by atoms with E-state index in [4.69, 9.17) is 4.74 Å². The molecule has 0 aliphatic carbocycles. The summed E-state index contributed by atoms with van der Waals surface area (Å²) < 4.78 is 5.09. The summed E-state index contributed by atoms with van der Waals surface area (Å²) in [5, 5.41) is 16.5. The third-order valence-corrected chi connectivity index (χ3v) is 3.05. The Morgan fingerprint density at radius 2 is 2.10 bits per heavy atom. The lowest BCUT2D eigenvalue weighted by Crippen LogP contribution is -2.41. The quantitative estimate of drug-likeness (QED) is 0.386. The fraction of sp³-hybridized carbons (Fsp3) is 0.533. The number of methoxy groups -OCH3 is 1. The molecule has 1 atom stereocenters. The second-order valence-electron chi connectivity index (χ2n) is 4.62. The van der Waals surface area contributed by atoms with Crippen molar-refractivity contribution in [2.45, 2.75) is 39.8 Å². The normalized spacial score (nSPS) is 12.3. The van der Waals surface area contributed by atoms with Crippen LogP contribution < -0.4 is 15.4 Å². The van der Waals surface area contributed by atoms with Crippen molar-refractivity contribution in [3.63, 3.8) is 0 Å². The Morgan fingerprint density at radius 3 is 2.67 bits per heavy atom. The van der Waals surface area contributed by atoms with E-state index < -0.39 is 0 Å². The molecule has 3 N–H and O–H groups in total. The van der Waals surface area contributed by atoms with Gasteiger partial charge in [0.1, 0.15) is 0 Å². The van der Waals surface area contributed by atoms with Crippen molar-refractivity contribution in [1.82, 2.24) is 10.6 Å². The maximum Gasteiger partial charge on any atom is 0.191 e. The van der Waals surface area contributed by atoms with E-state index in [-0.39, 0.29) is 29.7 Å². The molecular formula is C15H26IN3O2. The molecule has 0 aliphatic heterocycles. The summed E-state index contributed by atoms with van der Waals surface area (Å²) in [6, 6.07) is 5.77. The monoisotopic (exact) mass is 407 g/mol. The SMILES string of the molecule is CCNC(=NCc1cccc(OC)c1O)NC(C)CC.I. The van der Waals surface area contributed by atoms with Crippen molar-refractivity contribution >= 4 is 29.9 Å². The summed E-state index contributed by atoms with van der Waals surface area (Å²) in [5.41, 5.74) is 0.741. The first-order valence-corrected chi connectivity index (χ1v) is 7.02. The molecule has 0 saturated carbocycles. The zero-order valence-corrected chi connectivity index (χ0v) is 15.5. The molecule has 120 valence electrons. The molecular weight excluding hydrogens is 381 g/mol. The number of guanidine groups is 1. The molecule has 0 aromatic heterocycles. The Balaban J connectivity index is 0.00000400. The Labute approximate surface area is 144 Å². The second-order valence-corrected chi connectivity index (χ2v) is 4.62. The van der Waals surface area contributed by atoms with Gasteiger partial charge in [-0.15, -0.1) is 24.0 Å². The molecule has 0 heterocycles. The maximum absolute atomic E-state index is 10.0. The second kappa shape index (κ2) is 10.5. The van der Waals surface area contributed by atoms with Crippen molar-refractivity contribution in [3.05, 3.63) is 23.8 Å². The van der Waals surface area contributed by atoms with Crippen LogP contribution in [0.4, 0.5) is 0 Å². The van der Waals surface area contributed by atoms with Crippen LogP contribution in [0.2, 0.25) is 0 Å². The maximum atomic E-state index is 10.0. The number of aliphatic imine (C=N–C) groups is 1. The van der Waals surface area contributed by atoms with Crippen LogP contribution in [-0.4, -0.2) is 30.8 Å². The van der Waals surface area contributed by atoms with Gasteiger partial charge in [0, 0.05) is 18.2 Å². The average Bonchev–Trinajstić information content (AvgIpc) is 2.46. The fourth-order valence-corrected chi connectivity index (χ4v) is 1.68. The van der Waals surface area contributed by atoms with E-state index in [1.54, 1.807) is 6.07 Å². The first-order valence-electron chi connectivity index (χ1n) is 7.02. The summed E-state index contributed by atoms with van der Waals surface area (Å²) >= 11 is 0. The molecule has 0 aliphatic rings. The van der Waals surface area contributed by atoms with Crippen molar-refractivity contribution < 1.29 is 9.84 Å². The average molecular weight is 407 g/mol. The van der Waals surface area contributed by atoms with Gasteiger partial charge in [-0.25, -0.2) is 4.99 Å². The van der Waals surface area contributed by atoms with Crippen molar-refractivity contribution in [1.29, 1.82) is 0 Å². The van der Waals surface area contributed by atoms with Gasteiger partial charge in [0.2, 0.25) is 0 Å². The van der Waals surface area contributed by atoms with Crippen molar-refractivity contribution in [3.8, 4) is 11.5 Å². The molecule has 0 amide bonds. The third kappa shape index (κ3) is 6.41. The molecule has 0 spiro atoms. The van der Waals surface area contributed by atoms with Gasteiger partial charge in [-0.05, 0) is 26.3 Å². The first-order chi connectivity index (χ1) is 9.62.